The van der Waals surface area contributed by atoms with Gasteiger partial charge < -0.3 is 9.88 Å². The van der Waals surface area contributed by atoms with Crippen LogP contribution in [0.4, 0.5) is 5.69 Å². The summed E-state index contributed by atoms with van der Waals surface area (Å²) in [6.07, 6.45) is 2.26. The molecule has 1 N–H and O–H groups in total. The predicted molar refractivity (Wildman–Crippen MR) is 100 cm³/mol. The van der Waals surface area contributed by atoms with Crippen molar-refractivity contribution in [3.8, 4) is 0 Å². The number of aryl methyl sites for hydroxylation is 1. The number of nitrogens with zero attached hydrogens (tertiary/aromatic N) is 1. The van der Waals surface area contributed by atoms with Gasteiger partial charge in [0.05, 0.1) is 5.52 Å². The molecule has 4 rings (SSSR count). The van der Waals surface area contributed by atoms with Crippen LogP contribution in [0.5, 0.6) is 0 Å². The minimum atomic E-state index is -0.128. The third-order valence-electron chi connectivity index (χ3n) is 4.77. The number of benzene rings is 2. The molecule has 0 atom stereocenters. The molecule has 0 unspecified atom stereocenters. The minimum Gasteiger partial charge on any atom is -0.322 e. The van der Waals surface area contributed by atoms with Crippen molar-refractivity contribution in [1.82, 2.24) is 4.57 Å². The number of anilines is 1. The Morgan fingerprint density at radius 2 is 1.88 bits per heavy atom. The van der Waals surface area contributed by atoms with Crippen LogP contribution in [-0.4, -0.2) is 10.5 Å². The lowest BCUT2D eigenvalue weighted by atomic mass is 10.0. The van der Waals surface area contributed by atoms with Gasteiger partial charge in [-0.3, -0.25) is 9.59 Å². The van der Waals surface area contributed by atoms with Crippen LogP contribution in [0.25, 0.3) is 10.9 Å². The smallest absolute Gasteiger partial charge is 0.255 e. The first-order valence-electron chi connectivity index (χ1n) is 8.71. The predicted octanol–water partition coefficient (Wildman–Crippen LogP) is 4.15. The molecule has 1 heterocycles. The normalized spacial score (nSPS) is 13.8. The number of amides is 1. The van der Waals surface area contributed by atoms with E-state index in [1.807, 2.05) is 43.3 Å². The van der Waals surface area contributed by atoms with Crippen LogP contribution in [0, 0.1) is 0 Å². The Morgan fingerprint density at radius 3 is 2.56 bits per heavy atom. The molecule has 4 heteroatoms. The Bertz CT molecular complexity index is 1000. The zero-order chi connectivity index (χ0) is 17.4. The van der Waals surface area contributed by atoms with Gasteiger partial charge in [0.25, 0.3) is 11.5 Å². The molecule has 1 aromatic heterocycles. The maximum Gasteiger partial charge on any atom is 0.255 e. The number of hydrogen-bond donors (Lipinski definition) is 1. The number of carbonyl (C=O) groups excluding carboxylic acids is 1. The highest BCUT2D eigenvalue weighted by Crippen LogP contribution is 2.42. The Morgan fingerprint density at radius 1 is 1.12 bits per heavy atom. The lowest BCUT2D eigenvalue weighted by molar-refractivity contribution is 0.102. The highest BCUT2D eigenvalue weighted by Gasteiger charge is 2.26. The third-order valence-corrected chi connectivity index (χ3v) is 4.77. The van der Waals surface area contributed by atoms with Gasteiger partial charge in [0.2, 0.25) is 0 Å². The van der Waals surface area contributed by atoms with Crippen molar-refractivity contribution in [3.05, 3.63) is 76.1 Å². The fourth-order valence-electron chi connectivity index (χ4n) is 3.34. The van der Waals surface area contributed by atoms with E-state index < -0.39 is 0 Å². The summed E-state index contributed by atoms with van der Waals surface area (Å²) < 4.78 is 1.78. The van der Waals surface area contributed by atoms with Gasteiger partial charge in [-0.05, 0) is 61.6 Å². The average Bonchev–Trinajstić information content (AvgIpc) is 3.47. The van der Waals surface area contributed by atoms with E-state index in [0.717, 1.165) is 35.0 Å². The van der Waals surface area contributed by atoms with Crippen molar-refractivity contribution in [2.24, 2.45) is 0 Å². The monoisotopic (exact) mass is 332 g/mol. The van der Waals surface area contributed by atoms with Crippen molar-refractivity contribution in [2.45, 2.75) is 32.2 Å². The Kier molecular flexibility index (Phi) is 3.88. The summed E-state index contributed by atoms with van der Waals surface area (Å²) in [5, 5.41) is 4.03. The second-order valence-electron chi connectivity index (χ2n) is 6.51. The molecule has 3 aromatic rings. The quantitative estimate of drug-likeness (QED) is 0.780. The van der Waals surface area contributed by atoms with Crippen LogP contribution >= 0.6 is 0 Å². The number of fused-ring (bicyclic) bond motifs is 1. The standard InChI is InChI=1S/C21H20N2O2/c1-2-23-19-11-10-16(22-21(25)15-6-4-3-5-7-15)12-18(19)17(13-20(23)24)14-8-9-14/h3-7,10-14H,2,8-9H2,1H3,(H,22,25). The highest BCUT2D eigenvalue weighted by atomic mass is 16.1. The first-order chi connectivity index (χ1) is 12.2. The van der Waals surface area contributed by atoms with E-state index in [4.69, 9.17) is 0 Å². The van der Waals surface area contributed by atoms with E-state index in [0.29, 0.717) is 18.0 Å². The van der Waals surface area contributed by atoms with Crippen molar-refractivity contribution in [3.63, 3.8) is 0 Å². The number of carbonyl (C=O) groups is 1. The summed E-state index contributed by atoms with van der Waals surface area (Å²) >= 11 is 0. The van der Waals surface area contributed by atoms with Gasteiger partial charge in [-0.25, -0.2) is 0 Å². The van der Waals surface area contributed by atoms with E-state index in [2.05, 4.69) is 5.32 Å². The summed E-state index contributed by atoms with van der Waals surface area (Å²) in [5.74, 6) is 0.346. The molecule has 1 fully saturated rings. The Hall–Kier alpha value is -2.88. The number of hydrogen-bond acceptors (Lipinski definition) is 2. The van der Waals surface area contributed by atoms with E-state index in [1.54, 1.807) is 22.8 Å². The summed E-state index contributed by atoms with van der Waals surface area (Å²) in [4.78, 5) is 24.8. The topological polar surface area (TPSA) is 51.1 Å². The van der Waals surface area contributed by atoms with Crippen molar-refractivity contribution >= 4 is 22.5 Å². The molecule has 126 valence electrons. The van der Waals surface area contributed by atoms with Gasteiger partial charge >= 0.3 is 0 Å². The van der Waals surface area contributed by atoms with Gasteiger partial charge in [-0.1, -0.05) is 18.2 Å². The van der Waals surface area contributed by atoms with Crippen LogP contribution in [-0.2, 0) is 6.54 Å². The summed E-state index contributed by atoms with van der Waals surface area (Å²) in [5.41, 5.74) is 3.49. The lowest BCUT2D eigenvalue weighted by Gasteiger charge is -2.14. The van der Waals surface area contributed by atoms with Gasteiger partial charge in [0.1, 0.15) is 0 Å². The van der Waals surface area contributed by atoms with Crippen LogP contribution < -0.4 is 10.9 Å². The molecular weight excluding hydrogens is 312 g/mol. The number of rotatable bonds is 4. The maximum absolute atomic E-state index is 12.4. The highest BCUT2D eigenvalue weighted by molar-refractivity contribution is 6.05. The number of nitrogens with one attached hydrogen (secondary N) is 1. The molecule has 25 heavy (non-hydrogen) atoms. The van der Waals surface area contributed by atoms with Crippen LogP contribution in [0.2, 0.25) is 0 Å². The Labute approximate surface area is 146 Å². The van der Waals surface area contributed by atoms with Crippen LogP contribution in [0.3, 0.4) is 0 Å². The second-order valence-corrected chi connectivity index (χ2v) is 6.51. The molecule has 0 bridgehead atoms. The molecule has 1 aliphatic carbocycles. The molecular formula is C21H20N2O2. The van der Waals surface area contributed by atoms with E-state index >= 15 is 0 Å². The molecule has 1 saturated carbocycles. The van der Waals surface area contributed by atoms with Gasteiger partial charge in [-0.15, -0.1) is 0 Å². The molecule has 2 aromatic carbocycles. The van der Waals surface area contributed by atoms with Gasteiger partial charge in [0.15, 0.2) is 0 Å². The van der Waals surface area contributed by atoms with Crippen LogP contribution in [0.15, 0.2) is 59.4 Å². The molecule has 1 aliphatic rings. The van der Waals surface area contributed by atoms with Crippen molar-refractivity contribution < 1.29 is 4.79 Å². The second kappa shape index (κ2) is 6.20. The first-order valence-corrected chi connectivity index (χ1v) is 8.71. The molecule has 0 radical (unpaired) electrons. The van der Waals surface area contributed by atoms with Crippen molar-refractivity contribution in [2.75, 3.05) is 5.32 Å². The minimum absolute atomic E-state index is 0.0537. The van der Waals surface area contributed by atoms with Crippen molar-refractivity contribution in [1.29, 1.82) is 0 Å². The van der Waals surface area contributed by atoms with Gasteiger partial charge in [-0.2, -0.15) is 0 Å². The Balaban J connectivity index is 1.77. The zero-order valence-corrected chi connectivity index (χ0v) is 14.2. The van der Waals surface area contributed by atoms with Gasteiger partial charge in [0, 0.05) is 29.2 Å². The third kappa shape index (κ3) is 2.95. The molecule has 4 nitrogen and oxygen atoms in total. The molecule has 0 spiro atoms. The fraction of sp³-hybridized carbons (Fsp3) is 0.238. The average molecular weight is 332 g/mol. The summed E-state index contributed by atoms with van der Waals surface area (Å²) in [6.45, 7) is 2.61. The van der Waals surface area contributed by atoms with E-state index in [1.165, 1.54) is 0 Å². The lowest BCUT2D eigenvalue weighted by Crippen LogP contribution is -2.20. The molecule has 1 amide bonds. The van der Waals surface area contributed by atoms with E-state index in [9.17, 15) is 9.59 Å². The van der Waals surface area contributed by atoms with Crippen LogP contribution in [0.1, 0.15) is 41.6 Å². The number of aromatic nitrogens is 1. The zero-order valence-electron chi connectivity index (χ0n) is 14.2. The SMILES string of the molecule is CCn1c(=O)cc(C2CC2)c2cc(NC(=O)c3ccccc3)ccc21. The van der Waals surface area contributed by atoms with E-state index in [-0.39, 0.29) is 11.5 Å². The molecule has 0 aliphatic heterocycles. The summed E-state index contributed by atoms with van der Waals surface area (Å²) in [6, 6.07) is 16.7. The molecule has 0 saturated heterocycles. The fourth-order valence-corrected chi connectivity index (χ4v) is 3.34. The largest absolute Gasteiger partial charge is 0.322 e. The first kappa shape index (κ1) is 15.6. The summed E-state index contributed by atoms with van der Waals surface area (Å²) in [7, 11) is 0. The number of pyridine rings is 1. The maximum atomic E-state index is 12.4.